The molecule has 0 saturated carbocycles. The fraction of sp³-hybridized carbons (Fsp3) is 0.500. The van der Waals surface area contributed by atoms with Gasteiger partial charge in [-0.3, -0.25) is 0 Å². The third-order valence-electron chi connectivity index (χ3n) is 2.50. The summed E-state index contributed by atoms with van der Waals surface area (Å²) in [5.74, 6) is 0. The molecule has 0 nitrogen and oxygen atoms in total. The van der Waals surface area contributed by atoms with E-state index >= 15 is 0 Å². The Morgan fingerprint density at radius 2 is 1.47 bits per heavy atom. The predicted molar refractivity (Wildman–Crippen MR) is 78.0 cm³/mol. The first kappa shape index (κ1) is 13.3. The lowest BCUT2D eigenvalue weighted by Crippen LogP contribution is -2.14. The first-order valence-corrected chi connectivity index (χ1v) is 8.63. The quantitative estimate of drug-likeness (QED) is 0.696. The van der Waals surface area contributed by atoms with E-state index in [1.807, 2.05) is 35.3 Å². The van der Waals surface area contributed by atoms with Crippen molar-refractivity contribution >= 4 is 35.3 Å². The van der Waals surface area contributed by atoms with Crippen LogP contribution in [0.15, 0.2) is 30.3 Å². The molecular weight excluding hydrogens is 240 g/mol. The highest BCUT2D eigenvalue weighted by Gasteiger charge is 2.26. The predicted octanol–water partition coefficient (Wildman–Crippen LogP) is 4.36. The molecule has 0 bridgehead atoms. The Hall–Kier alpha value is 0.270. The van der Waals surface area contributed by atoms with Gasteiger partial charge in [-0.05, 0) is 37.2 Å². The van der Waals surface area contributed by atoms with Gasteiger partial charge in [0.25, 0.3) is 0 Å². The van der Waals surface area contributed by atoms with Crippen LogP contribution in [0.2, 0.25) is 0 Å². The number of rotatable bonds is 6. The summed E-state index contributed by atoms with van der Waals surface area (Å²) in [7, 11) is 0. The van der Waals surface area contributed by atoms with E-state index in [9.17, 15) is 0 Å². The second kappa shape index (κ2) is 6.77. The standard InChI is InChI=1S/C12H18S3/c1-13-12(14-2,15-3)10-9-11-7-5-4-6-8-11/h4-8H,9-10H2,1-3H3. The van der Waals surface area contributed by atoms with Crippen LogP contribution in [-0.4, -0.2) is 22.2 Å². The van der Waals surface area contributed by atoms with Crippen molar-refractivity contribution in [3.63, 3.8) is 0 Å². The van der Waals surface area contributed by atoms with Crippen LogP contribution in [0.3, 0.4) is 0 Å². The Kier molecular flexibility index (Phi) is 6.02. The Bertz CT molecular complexity index is 259. The van der Waals surface area contributed by atoms with E-state index in [0.717, 1.165) is 0 Å². The van der Waals surface area contributed by atoms with E-state index in [2.05, 4.69) is 49.1 Å². The number of benzene rings is 1. The van der Waals surface area contributed by atoms with Crippen molar-refractivity contribution < 1.29 is 0 Å². The van der Waals surface area contributed by atoms with Crippen molar-refractivity contribution in [1.82, 2.24) is 0 Å². The average molecular weight is 258 g/mol. The van der Waals surface area contributed by atoms with E-state index in [4.69, 9.17) is 0 Å². The maximum atomic E-state index is 2.21. The lowest BCUT2D eigenvalue weighted by Gasteiger charge is -2.27. The molecule has 0 saturated heterocycles. The highest BCUT2D eigenvalue weighted by Crippen LogP contribution is 2.46. The third kappa shape index (κ3) is 3.97. The van der Waals surface area contributed by atoms with Crippen LogP contribution in [0.25, 0.3) is 0 Å². The summed E-state index contributed by atoms with van der Waals surface area (Å²) in [6.45, 7) is 0. The minimum atomic E-state index is 0.329. The van der Waals surface area contributed by atoms with E-state index in [-0.39, 0.29) is 0 Å². The smallest absolute Gasteiger partial charge is 0.106 e. The van der Waals surface area contributed by atoms with E-state index in [1.165, 1.54) is 18.4 Å². The molecule has 0 radical (unpaired) electrons. The molecule has 0 heterocycles. The molecule has 1 aromatic rings. The Balaban J connectivity index is 2.54. The molecule has 0 atom stereocenters. The van der Waals surface area contributed by atoms with Gasteiger partial charge in [0.15, 0.2) is 0 Å². The van der Waals surface area contributed by atoms with Crippen LogP contribution in [0.5, 0.6) is 0 Å². The summed E-state index contributed by atoms with van der Waals surface area (Å²) in [4.78, 5) is 0. The van der Waals surface area contributed by atoms with Crippen LogP contribution in [0.1, 0.15) is 12.0 Å². The van der Waals surface area contributed by atoms with Gasteiger partial charge in [0.1, 0.15) is 3.41 Å². The zero-order valence-electron chi connectivity index (χ0n) is 9.53. The van der Waals surface area contributed by atoms with Gasteiger partial charge in [0, 0.05) is 0 Å². The van der Waals surface area contributed by atoms with Crippen molar-refractivity contribution in [2.24, 2.45) is 0 Å². The normalized spacial score (nSPS) is 11.7. The highest BCUT2D eigenvalue weighted by atomic mass is 32.3. The molecule has 0 unspecified atom stereocenters. The number of thioether (sulfide) groups is 3. The second-order valence-electron chi connectivity index (χ2n) is 3.28. The number of hydrogen-bond acceptors (Lipinski definition) is 3. The monoisotopic (exact) mass is 258 g/mol. The maximum Gasteiger partial charge on any atom is 0.106 e. The summed E-state index contributed by atoms with van der Waals surface area (Å²) in [5, 5.41) is 0. The molecular formula is C12H18S3. The SMILES string of the molecule is CSC(CCc1ccccc1)(SC)SC. The van der Waals surface area contributed by atoms with E-state index < -0.39 is 0 Å². The minimum Gasteiger partial charge on any atom is -0.137 e. The minimum absolute atomic E-state index is 0.329. The summed E-state index contributed by atoms with van der Waals surface area (Å²) in [6, 6.07) is 10.7. The van der Waals surface area contributed by atoms with Gasteiger partial charge in [-0.15, -0.1) is 35.3 Å². The van der Waals surface area contributed by atoms with Crippen molar-refractivity contribution in [2.75, 3.05) is 18.8 Å². The van der Waals surface area contributed by atoms with Crippen molar-refractivity contribution in [3.05, 3.63) is 35.9 Å². The molecule has 3 heteroatoms. The Morgan fingerprint density at radius 3 is 1.93 bits per heavy atom. The average Bonchev–Trinajstić information content (AvgIpc) is 2.33. The summed E-state index contributed by atoms with van der Waals surface area (Å²) in [6.07, 6.45) is 9.01. The molecule has 0 aliphatic carbocycles. The molecule has 0 fully saturated rings. The van der Waals surface area contributed by atoms with Gasteiger partial charge in [-0.2, -0.15) is 0 Å². The molecule has 15 heavy (non-hydrogen) atoms. The molecule has 0 aliphatic heterocycles. The van der Waals surface area contributed by atoms with Crippen LogP contribution >= 0.6 is 35.3 Å². The second-order valence-corrected chi connectivity index (χ2v) is 7.37. The zero-order chi connectivity index (χ0) is 11.1. The van der Waals surface area contributed by atoms with E-state index in [1.54, 1.807) is 0 Å². The summed E-state index contributed by atoms with van der Waals surface area (Å²) in [5.41, 5.74) is 1.44. The lowest BCUT2D eigenvalue weighted by molar-refractivity contribution is 0.877. The fourth-order valence-corrected chi connectivity index (χ4v) is 4.42. The van der Waals surface area contributed by atoms with E-state index in [0.29, 0.717) is 3.41 Å². The highest BCUT2D eigenvalue weighted by molar-refractivity contribution is 8.33. The van der Waals surface area contributed by atoms with Gasteiger partial charge >= 0.3 is 0 Å². The number of aryl methyl sites for hydroxylation is 1. The Labute approximate surface area is 106 Å². The topological polar surface area (TPSA) is 0 Å². The molecule has 0 spiro atoms. The molecule has 0 aromatic heterocycles. The summed E-state index contributed by atoms with van der Waals surface area (Å²) >= 11 is 5.89. The van der Waals surface area contributed by atoms with Crippen molar-refractivity contribution in [3.8, 4) is 0 Å². The van der Waals surface area contributed by atoms with Crippen LogP contribution < -0.4 is 0 Å². The Morgan fingerprint density at radius 1 is 0.933 bits per heavy atom. The van der Waals surface area contributed by atoms with Crippen molar-refractivity contribution in [2.45, 2.75) is 16.3 Å². The van der Waals surface area contributed by atoms with Crippen molar-refractivity contribution in [1.29, 1.82) is 0 Å². The lowest BCUT2D eigenvalue weighted by atomic mass is 10.1. The fourth-order valence-electron chi connectivity index (χ4n) is 1.50. The first-order chi connectivity index (χ1) is 7.26. The maximum absolute atomic E-state index is 2.21. The van der Waals surface area contributed by atoms with Crippen LogP contribution in [-0.2, 0) is 6.42 Å². The zero-order valence-corrected chi connectivity index (χ0v) is 12.0. The van der Waals surface area contributed by atoms with Gasteiger partial charge in [-0.25, -0.2) is 0 Å². The molecule has 0 N–H and O–H groups in total. The van der Waals surface area contributed by atoms with Gasteiger partial charge < -0.3 is 0 Å². The third-order valence-corrected chi connectivity index (χ3v) is 7.97. The molecule has 0 amide bonds. The molecule has 1 aromatic carbocycles. The van der Waals surface area contributed by atoms with Gasteiger partial charge in [0.05, 0.1) is 0 Å². The van der Waals surface area contributed by atoms with Gasteiger partial charge in [0.2, 0.25) is 0 Å². The summed E-state index contributed by atoms with van der Waals surface area (Å²) < 4.78 is 0.329. The van der Waals surface area contributed by atoms with Gasteiger partial charge in [-0.1, -0.05) is 30.3 Å². The first-order valence-electron chi connectivity index (χ1n) is 4.95. The van der Waals surface area contributed by atoms with Crippen LogP contribution in [0.4, 0.5) is 0 Å². The molecule has 0 aliphatic rings. The number of hydrogen-bond donors (Lipinski definition) is 0. The molecule has 1 rings (SSSR count). The largest absolute Gasteiger partial charge is 0.137 e. The molecule has 84 valence electrons. The van der Waals surface area contributed by atoms with Crippen LogP contribution in [0, 0.1) is 0 Å².